The third kappa shape index (κ3) is 2.66. The van der Waals surface area contributed by atoms with Crippen LogP contribution in [-0.2, 0) is 4.79 Å². The molecule has 1 aliphatic heterocycles. The number of benzene rings is 1. The number of nitrogens with zero attached hydrogens (tertiary/aromatic N) is 3. The molecule has 0 saturated carbocycles. The van der Waals surface area contributed by atoms with E-state index in [1.54, 1.807) is 16.2 Å². The highest BCUT2D eigenvalue weighted by Crippen LogP contribution is 2.31. The molecule has 0 radical (unpaired) electrons. The topological polar surface area (TPSA) is 59.2 Å². The molecular formula is C17H15N3O2S. The van der Waals surface area contributed by atoms with E-state index in [-0.39, 0.29) is 11.8 Å². The summed E-state index contributed by atoms with van der Waals surface area (Å²) in [7, 11) is 0. The van der Waals surface area contributed by atoms with Crippen molar-refractivity contribution in [2.75, 3.05) is 11.4 Å². The lowest BCUT2D eigenvalue weighted by molar-refractivity contribution is -0.117. The third-order valence-electron chi connectivity index (χ3n) is 4.05. The van der Waals surface area contributed by atoms with Gasteiger partial charge in [-0.25, -0.2) is 0 Å². The first-order valence-electron chi connectivity index (χ1n) is 7.44. The molecule has 1 atom stereocenters. The number of amides is 1. The minimum absolute atomic E-state index is 0.0278. The quantitative estimate of drug-likeness (QED) is 0.738. The molecule has 0 N–H and O–H groups in total. The molecule has 1 aliphatic rings. The summed E-state index contributed by atoms with van der Waals surface area (Å²) in [6.07, 6.45) is 0.413. The Labute approximate surface area is 137 Å². The largest absolute Gasteiger partial charge is 0.334 e. The zero-order valence-corrected chi connectivity index (χ0v) is 13.4. The van der Waals surface area contributed by atoms with Gasteiger partial charge in [-0.2, -0.15) is 16.3 Å². The summed E-state index contributed by atoms with van der Waals surface area (Å²) in [6.45, 7) is 2.62. The molecule has 6 heteroatoms. The minimum atomic E-state index is -0.0278. The van der Waals surface area contributed by atoms with Crippen molar-refractivity contribution in [3.63, 3.8) is 0 Å². The summed E-state index contributed by atoms with van der Waals surface area (Å²) < 4.78 is 5.33. The molecule has 1 saturated heterocycles. The molecule has 2 aromatic heterocycles. The smallest absolute Gasteiger partial charge is 0.258 e. The second kappa shape index (κ2) is 5.62. The van der Waals surface area contributed by atoms with E-state index >= 15 is 0 Å². The molecule has 0 aliphatic carbocycles. The summed E-state index contributed by atoms with van der Waals surface area (Å²) in [5, 5.41) is 8.01. The van der Waals surface area contributed by atoms with Crippen LogP contribution in [0.5, 0.6) is 0 Å². The maximum Gasteiger partial charge on any atom is 0.258 e. The van der Waals surface area contributed by atoms with Crippen LogP contribution in [0.2, 0.25) is 0 Å². The van der Waals surface area contributed by atoms with Crippen LogP contribution in [0.4, 0.5) is 5.69 Å². The van der Waals surface area contributed by atoms with Crippen LogP contribution in [0, 0.1) is 6.92 Å². The summed E-state index contributed by atoms with van der Waals surface area (Å²) in [5.41, 5.74) is 3.02. The van der Waals surface area contributed by atoms with E-state index in [1.807, 2.05) is 48.0 Å². The summed E-state index contributed by atoms with van der Waals surface area (Å²) in [6, 6.07) is 9.92. The van der Waals surface area contributed by atoms with E-state index in [4.69, 9.17) is 4.52 Å². The lowest BCUT2D eigenvalue weighted by Gasteiger charge is -2.16. The third-order valence-corrected chi connectivity index (χ3v) is 4.73. The van der Waals surface area contributed by atoms with Gasteiger partial charge in [-0.05, 0) is 30.5 Å². The van der Waals surface area contributed by atoms with Crippen molar-refractivity contribution < 1.29 is 9.32 Å². The average Bonchev–Trinajstić information content (AvgIpc) is 3.27. The number of aryl methyl sites for hydroxylation is 1. The van der Waals surface area contributed by atoms with Gasteiger partial charge in [-0.15, -0.1) is 0 Å². The number of anilines is 1. The SMILES string of the molecule is Cc1ccc(N2CC(c3noc(-c4ccsc4)n3)CC2=O)cc1. The Balaban J connectivity index is 1.55. The molecule has 3 aromatic rings. The van der Waals surface area contributed by atoms with Gasteiger partial charge in [0.1, 0.15) is 0 Å². The van der Waals surface area contributed by atoms with Gasteiger partial charge in [-0.3, -0.25) is 4.79 Å². The second-order valence-corrected chi connectivity index (χ2v) is 6.49. The van der Waals surface area contributed by atoms with Gasteiger partial charge >= 0.3 is 0 Å². The van der Waals surface area contributed by atoms with E-state index in [2.05, 4.69) is 10.1 Å². The first kappa shape index (κ1) is 14.1. The number of hydrogen-bond donors (Lipinski definition) is 0. The normalized spacial score (nSPS) is 17.9. The maximum absolute atomic E-state index is 12.3. The lowest BCUT2D eigenvalue weighted by atomic mass is 10.1. The van der Waals surface area contributed by atoms with E-state index in [9.17, 15) is 4.79 Å². The molecule has 1 amide bonds. The van der Waals surface area contributed by atoms with Gasteiger partial charge in [0.15, 0.2) is 5.82 Å². The Bertz CT molecular complexity index is 824. The van der Waals surface area contributed by atoms with Gasteiger partial charge in [-0.1, -0.05) is 22.9 Å². The predicted octanol–water partition coefficient (Wildman–Crippen LogP) is 3.63. The van der Waals surface area contributed by atoms with E-state index in [0.717, 1.165) is 11.3 Å². The average molecular weight is 325 g/mol. The Morgan fingerprint density at radius 3 is 2.83 bits per heavy atom. The molecule has 4 rings (SSSR count). The number of aromatic nitrogens is 2. The fourth-order valence-corrected chi connectivity index (χ4v) is 3.39. The lowest BCUT2D eigenvalue weighted by Crippen LogP contribution is -2.24. The molecule has 0 bridgehead atoms. The van der Waals surface area contributed by atoms with E-state index < -0.39 is 0 Å². The van der Waals surface area contributed by atoms with E-state index in [1.165, 1.54) is 5.56 Å². The Morgan fingerprint density at radius 2 is 2.09 bits per heavy atom. The first-order chi connectivity index (χ1) is 11.2. The first-order valence-corrected chi connectivity index (χ1v) is 8.38. The van der Waals surface area contributed by atoms with Gasteiger partial charge in [0.05, 0.1) is 5.56 Å². The van der Waals surface area contributed by atoms with Gasteiger partial charge in [0.2, 0.25) is 5.91 Å². The number of carbonyl (C=O) groups is 1. The standard InChI is InChI=1S/C17H15N3O2S/c1-11-2-4-14(5-3-11)20-9-13(8-15(20)21)16-18-17(22-19-16)12-6-7-23-10-12/h2-7,10,13H,8-9H2,1H3. The number of carbonyl (C=O) groups excluding carboxylic acids is 1. The minimum Gasteiger partial charge on any atom is -0.334 e. The summed E-state index contributed by atoms with van der Waals surface area (Å²) >= 11 is 1.58. The van der Waals surface area contributed by atoms with E-state index in [0.29, 0.717) is 24.7 Å². The van der Waals surface area contributed by atoms with Crippen molar-refractivity contribution in [2.24, 2.45) is 0 Å². The molecule has 5 nitrogen and oxygen atoms in total. The highest BCUT2D eigenvalue weighted by atomic mass is 32.1. The van der Waals surface area contributed by atoms with Crippen molar-refractivity contribution in [2.45, 2.75) is 19.3 Å². The van der Waals surface area contributed by atoms with Crippen molar-refractivity contribution in [1.29, 1.82) is 0 Å². The van der Waals surface area contributed by atoms with Crippen molar-refractivity contribution in [3.05, 3.63) is 52.5 Å². The zero-order valence-electron chi connectivity index (χ0n) is 12.6. The predicted molar refractivity (Wildman–Crippen MR) is 88.5 cm³/mol. The summed E-state index contributed by atoms with van der Waals surface area (Å²) in [5.74, 6) is 1.19. The zero-order chi connectivity index (χ0) is 15.8. The van der Waals surface area contributed by atoms with Crippen LogP contribution < -0.4 is 4.90 Å². The van der Waals surface area contributed by atoms with Crippen LogP contribution >= 0.6 is 11.3 Å². The highest BCUT2D eigenvalue weighted by Gasteiger charge is 2.34. The second-order valence-electron chi connectivity index (χ2n) is 5.71. The molecule has 3 heterocycles. The Morgan fingerprint density at radius 1 is 1.26 bits per heavy atom. The molecule has 0 spiro atoms. The Kier molecular flexibility index (Phi) is 3.46. The number of rotatable bonds is 3. The van der Waals surface area contributed by atoms with Crippen molar-refractivity contribution in [1.82, 2.24) is 10.1 Å². The molecule has 23 heavy (non-hydrogen) atoms. The van der Waals surface area contributed by atoms with Crippen molar-refractivity contribution >= 4 is 22.9 Å². The highest BCUT2D eigenvalue weighted by molar-refractivity contribution is 7.08. The van der Waals surface area contributed by atoms with Crippen LogP contribution in [0.25, 0.3) is 11.5 Å². The maximum atomic E-state index is 12.3. The fraction of sp³-hybridized carbons (Fsp3) is 0.235. The Hall–Kier alpha value is -2.47. The van der Waals surface area contributed by atoms with Crippen LogP contribution in [-0.4, -0.2) is 22.6 Å². The number of thiophene rings is 1. The molecule has 1 unspecified atom stereocenters. The van der Waals surface area contributed by atoms with Gasteiger partial charge in [0.25, 0.3) is 5.89 Å². The fourth-order valence-electron chi connectivity index (χ4n) is 2.76. The van der Waals surface area contributed by atoms with Crippen molar-refractivity contribution in [3.8, 4) is 11.5 Å². The van der Waals surface area contributed by atoms with Gasteiger partial charge < -0.3 is 9.42 Å². The summed E-state index contributed by atoms with van der Waals surface area (Å²) in [4.78, 5) is 18.6. The molecular weight excluding hydrogens is 310 g/mol. The van der Waals surface area contributed by atoms with Crippen LogP contribution in [0.15, 0.2) is 45.6 Å². The van der Waals surface area contributed by atoms with Gasteiger partial charge in [0, 0.05) is 30.0 Å². The number of hydrogen-bond acceptors (Lipinski definition) is 5. The molecule has 116 valence electrons. The molecule has 1 aromatic carbocycles. The monoisotopic (exact) mass is 325 g/mol. The van der Waals surface area contributed by atoms with Crippen LogP contribution in [0.1, 0.15) is 23.7 Å². The van der Waals surface area contributed by atoms with Crippen LogP contribution in [0.3, 0.4) is 0 Å². The molecule has 1 fully saturated rings.